The summed E-state index contributed by atoms with van der Waals surface area (Å²) >= 11 is 0. The summed E-state index contributed by atoms with van der Waals surface area (Å²) in [5, 5.41) is 4.44. The van der Waals surface area contributed by atoms with Crippen LogP contribution >= 0.6 is 0 Å². The molecule has 6 nitrogen and oxygen atoms in total. The van der Waals surface area contributed by atoms with Crippen molar-refractivity contribution >= 4 is 11.7 Å². The fourth-order valence-corrected chi connectivity index (χ4v) is 3.05. The number of carbonyl (C=O) groups is 2. The Morgan fingerprint density at radius 3 is 2.58 bits per heavy atom. The van der Waals surface area contributed by atoms with Crippen molar-refractivity contribution in [1.82, 2.24) is 14.7 Å². The van der Waals surface area contributed by atoms with Crippen molar-refractivity contribution in [2.45, 2.75) is 26.9 Å². The van der Waals surface area contributed by atoms with Gasteiger partial charge in [-0.3, -0.25) is 9.59 Å². The highest BCUT2D eigenvalue weighted by atomic mass is 16.5. The van der Waals surface area contributed by atoms with Crippen molar-refractivity contribution < 1.29 is 14.3 Å². The quantitative estimate of drug-likeness (QED) is 0.638. The predicted octanol–water partition coefficient (Wildman–Crippen LogP) is 1.92. The number of Topliss-reactive ketones (excluding diaryl/α,β-unsaturated/α-hetero) is 1. The van der Waals surface area contributed by atoms with E-state index in [1.165, 1.54) is 0 Å². The summed E-state index contributed by atoms with van der Waals surface area (Å²) in [5.41, 5.74) is 2.50. The third kappa shape index (κ3) is 2.97. The zero-order valence-electron chi connectivity index (χ0n) is 14.2. The molecule has 1 aromatic carbocycles. The Morgan fingerprint density at radius 1 is 1.21 bits per heavy atom. The van der Waals surface area contributed by atoms with Crippen LogP contribution in [0.3, 0.4) is 0 Å². The lowest BCUT2D eigenvalue weighted by atomic mass is 10.1. The van der Waals surface area contributed by atoms with Gasteiger partial charge in [0.25, 0.3) is 11.7 Å². The second-order valence-electron chi connectivity index (χ2n) is 6.05. The Hall–Kier alpha value is -2.47. The highest BCUT2D eigenvalue weighted by molar-refractivity contribution is 6.43. The van der Waals surface area contributed by atoms with Gasteiger partial charge >= 0.3 is 0 Å². The first-order chi connectivity index (χ1) is 11.5. The van der Waals surface area contributed by atoms with E-state index in [1.54, 1.807) is 16.5 Å². The van der Waals surface area contributed by atoms with E-state index in [9.17, 15) is 9.59 Å². The molecular weight excluding hydrogens is 306 g/mol. The van der Waals surface area contributed by atoms with E-state index >= 15 is 0 Å². The maximum atomic E-state index is 12.8. The molecule has 1 aromatic heterocycles. The molecule has 0 unspecified atom stereocenters. The number of morpholine rings is 1. The van der Waals surface area contributed by atoms with E-state index in [2.05, 4.69) is 5.10 Å². The standard InChI is InChI=1S/C18H21N3O3/c1-12-11-20(9-10-24-12)18(23)17(22)16-13(2)19-21(14(16)3)15-7-5-4-6-8-15/h4-8,12H,9-11H2,1-3H3/t12-/m1/s1. The lowest BCUT2D eigenvalue weighted by Crippen LogP contribution is -2.47. The minimum absolute atomic E-state index is 0.0512. The number of hydrogen-bond donors (Lipinski definition) is 0. The number of para-hydroxylation sites is 1. The number of amides is 1. The molecular formula is C18H21N3O3. The number of aryl methyl sites for hydroxylation is 1. The smallest absolute Gasteiger partial charge is 0.295 e. The molecule has 1 saturated heterocycles. The minimum atomic E-state index is -0.499. The van der Waals surface area contributed by atoms with Gasteiger partial charge in [0.2, 0.25) is 0 Å². The largest absolute Gasteiger partial charge is 0.375 e. The molecule has 0 spiro atoms. The van der Waals surface area contributed by atoms with Gasteiger partial charge in [0, 0.05) is 13.1 Å². The fourth-order valence-electron chi connectivity index (χ4n) is 3.05. The van der Waals surface area contributed by atoms with Crippen LogP contribution in [-0.2, 0) is 9.53 Å². The molecule has 6 heteroatoms. The third-order valence-electron chi connectivity index (χ3n) is 4.24. The molecule has 1 atom stereocenters. The van der Waals surface area contributed by atoms with Crippen LogP contribution in [0.1, 0.15) is 28.7 Å². The topological polar surface area (TPSA) is 64.4 Å². The Bertz CT molecular complexity index is 767. The normalized spacial score (nSPS) is 17.8. The number of hydrogen-bond acceptors (Lipinski definition) is 4. The molecule has 0 radical (unpaired) electrons. The first kappa shape index (κ1) is 16.4. The second-order valence-corrected chi connectivity index (χ2v) is 6.05. The minimum Gasteiger partial charge on any atom is -0.375 e. The van der Waals surface area contributed by atoms with Gasteiger partial charge in [-0.05, 0) is 32.9 Å². The Morgan fingerprint density at radius 2 is 1.92 bits per heavy atom. The summed E-state index contributed by atoms with van der Waals surface area (Å²) in [6.45, 7) is 6.81. The van der Waals surface area contributed by atoms with Crippen molar-refractivity contribution in [2.75, 3.05) is 19.7 Å². The van der Waals surface area contributed by atoms with E-state index in [1.807, 2.05) is 44.2 Å². The molecule has 3 rings (SSSR count). The van der Waals surface area contributed by atoms with Gasteiger partial charge in [-0.25, -0.2) is 4.68 Å². The molecule has 2 aromatic rings. The number of aromatic nitrogens is 2. The molecule has 0 N–H and O–H groups in total. The van der Waals surface area contributed by atoms with Gasteiger partial charge in [0.15, 0.2) is 0 Å². The van der Waals surface area contributed by atoms with E-state index in [-0.39, 0.29) is 6.10 Å². The zero-order chi connectivity index (χ0) is 17.3. The van der Waals surface area contributed by atoms with Gasteiger partial charge in [0.05, 0.1) is 35.3 Å². The molecule has 0 bridgehead atoms. The van der Waals surface area contributed by atoms with Crippen LogP contribution in [0.25, 0.3) is 5.69 Å². The second kappa shape index (κ2) is 6.57. The molecule has 1 aliphatic heterocycles. The van der Waals surface area contributed by atoms with Crippen LogP contribution in [0.15, 0.2) is 30.3 Å². The van der Waals surface area contributed by atoms with Crippen molar-refractivity contribution in [3.63, 3.8) is 0 Å². The third-order valence-corrected chi connectivity index (χ3v) is 4.24. The molecule has 24 heavy (non-hydrogen) atoms. The molecule has 1 fully saturated rings. The Balaban J connectivity index is 1.90. The van der Waals surface area contributed by atoms with E-state index in [0.29, 0.717) is 36.6 Å². The summed E-state index contributed by atoms with van der Waals surface area (Å²) in [7, 11) is 0. The summed E-state index contributed by atoms with van der Waals surface area (Å²) in [5.74, 6) is -0.981. The molecule has 1 aliphatic rings. The first-order valence-corrected chi connectivity index (χ1v) is 8.06. The number of ketones is 1. The van der Waals surface area contributed by atoms with Crippen LogP contribution in [0, 0.1) is 13.8 Å². The van der Waals surface area contributed by atoms with Gasteiger partial charge in [0.1, 0.15) is 0 Å². The fraction of sp³-hybridized carbons (Fsp3) is 0.389. The van der Waals surface area contributed by atoms with Gasteiger partial charge in [-0.1, -0.05) is 18.2 Å². The van der Waals surface area contributed by atoms with E-state index in [4.69, 9.17) is 4.74 Å². The van der Waals surface area contributed by atoms with Crippen LogP contribution in [-0.4, -0.2) is 52.2 Å². The van der Waals surface area contributed by atoms with Gasteiger partial charge in [-0.15, -0.1) is 0 Å². The summed E-state index contributed by atoms with van der Waals surface area (Å²) in [6, 6.07) is 9.57. The number of carbonyl (C=O) groups excluding carboxylic acids is 2. The summed E-state index contributed by atoms with van der Waals surface area (Å²) in [4.78, 5) is 26.9. The van der Waals surface area contributed by atoms with Crippen LogP contribution in [0.4, 0.5) is 0 Å². The highest BCUT2D eigenvalue weighted by Crippen LogP contribution is 2.19. The SMILES string of the molecule is Cc1nn(-c2ccccc2)c(C)c1C(=O)C(=O)N1CCO[C@H](C)C1. The van der Waals surface area contributed by atoms with E-state index < -0.39 is 11.7 Å². The van der Waals surface area contributed by atoms with E-state index in [0.717, 1.165) is 5.69 Å². The molecule has 0 saturated carbocycles. The first-order valence-electron chi connectivity index (χ1n) is 8.06. The number of rotatable bonds is 3. The van der Waals surface area contributed by atoms with Crippen molar-refractivity contribution in [1.29, 1.82) is 0 Å². The summed E-state index contributed by atoms with van der Waals surface area (Å²) < 4.78 is 7.14. The molecule has 2 heterocycles. The number of ether oxygens (including phenoxy) is 1. The van der Waals surface area contributed by atoms with Gasteiger partial charge in [-0.2, -0.15) is 5.10 Å². The Kier molecular flexibility index (Phi) is 4.49. The van der Waals surface area contributed by atoms with Crippen LogP contribution in [0.5, 0.6) is 0 Å². The number of benzene rings is 1. The maximum absolute atomic E-state index is 12.8. The van der Waals surface area contributed by atoms with Crippen LogP contribution < -0.4 is 0 Å². The zero-order valence-corrected chi connectivity index (χ0v) is 14.2. The molecule has 0 aliphatic carbocycles. The molecule has 1 amide bonds. The lowest BCUT2D eigenvalue weighted by molar-refractivity contribution is -0.133. The van der Waals surface area contributed by atoms with Crippen molar-refractivity contribution in [3.8, 4) is 5.69 Å². The van der Waals surface area contributed by atoms with Crippen molar-refractivity contribution in [3.05, 3.63) is 47.3 Å². The lowest BCUT2D eigenvalue weighted by Gasteiger charge is -2.30. The monoisotopic (exact) mass is 327 g/mol. The predicted molar refractivity (Wildman–Crippen MR) is 89.4 cm³/mol. The van der Waals surface area contributed by atoms with Gasteiger partial charge < -0.3 is 9.64 Å². The summed E-state index contributed by atoms with van der Waals surface area (Å²) in [6.07, 6.45) is -0.0512. The maximum Gasteiger partial charge on any atom is 0.295 e. The Labute approximate surface area is 141 Å². The average Bonchev–Trinajstić information content (AvgIpc) is 2.89. The van der Waals surface area contributed by atoms with Crippen molar-refractivity contribution in [2.24, 2.45) is 0 Å². The highest BCUT2D eigenvalue weighted by Gasteiger charge is 2.31. The average molecular weight is 327 g/mol. The number of nitrogens with zero attached hydrogens (tertiary/aromatic N) is 3. The van der Waals surface area contributed by atoms with Crippen LogP contribution in [0.2, 0.25) is 0 Å². The molecule has 126 valence electrons.